The molecule has 1 aliphatic rings. The van der Waals surface area contributed by atoms with E-state index in [2.05, 4.69) is 14.9 Å². The number of halogens is 1. The molecular formula is C22H26FN3O3S. The van der Waals surface area contributed by atoms with E-state index in [9.17, 15) is 17.6 Å². The number of carbonyl (C=O) groups excluding carboxylic acids is 1. The quantitative estimate of drug-likeness (QED) is 0.640. The zero-order chi connectivity index (χ0) is 21.4. The highest BCUT2D eigenvalue weighted by molar-refractivity contribution is 7.92. The average Bonchev–Trinajstić information content (AvgIpc) is 3.21. The van der Waals surface area contributed by atoms with Gasteiger partial charge in [0.1, 0.15) is 5.82 Å². The molecule has 3 rings (SSSR count). The summed E-state index contributed by atoms with van der Waals surface area (Å²) in [7, 11) is -3.59. The fraction of sp³-hybridized carbons (Fsp3) is 0.318. The monoisotopic (exact) mass is 431 g/mol. The van der Waals surface area contributed by atoms with Crippen molar-refractivity contribution in [2.75, 3.05) is 31.1 Å². The van der Waals surface area contributed by atoms with E-state index in [1.165, 1.54) is 18.2 Å². The van der Waals surface area contributed by atoms with Gasteiger partial charge in [0.15, 0.2) is 0 Å². The second-order valence-electron chi connectivity index (χ2n) is 7.28. The zero-order valence-electron chi connectivity index (χ0n) is 16.6. The molecule has 0 aliphatic carbocycles. The van der Waals surface area contributed by atoms with E-state index < -0.39 is 10.0 Å². The molecule has 0 bridgehead atoms. The molecule has 0 spiro atoms. The maximum atomic E-state index is 13.0. The molecular weight excluding hydrogens is 405 g/mol. The van der Waals surface area contributed by atoms with E-state index in [4.69, 9.17) is 0 Å². The van der Waals surface area contributed by atoms with Crippen LogP contribution in [0.5, 0.6) is 0 Å². The van der Waals surface area contributed by atoms with Crippen LogP contribution in [-0.4, -0.2) is 40.5 Å². The Bertz CT molecular complexity index is 963. The lowest BCUT2D eigenvalue weighted by Crippen LogP contribution is -2.33. The highest BCUT2D eigenvalue weighted by Gasteiger charge is 2.23. The summed E-state index contributed by atoms with van der Waals surface area (Å²) in [5.41, 5.74) is 1.76. The minimum atomic E-state index is -3.59. The Morgan fingerprint density at radius 2 is 1.87 bits per heavy atom. The van der Waals surface area contributed by atoms with Crippen LogP contribution in [0, 0.1) is 11.7 Å². The van der Waals surface area contributed by atoms with Crippen molar-refractivity contribution in [1.82, 2.24) is 10.0 Å². The molecule has 30 heavy (non-hydrogen) atoms. The van der Waals surface area contributed by atoms with E-state index in [0.29, 0.717) is 12.5 Å². The van der Waals surface area contributed by atoms with E-state index in [1.54, 1.807) is 24.3 Å². The number of carbonyl (C=O) groups is 1. The molecule has 1 saturated heterocycles. The first-order valence-electron chi connectivity index (χ1n) is 9.91. The molecule has 160 valence electrons. The van der Waals surface area contributed by atoms with Gasteiger partial charge in [-0.2, -0.15) is 0 Å². The van der Waals surface area contributed by atoms with Crippen LogP contribution in [0.15, 0.2) is 60.0 Å². The summed E-state index contributed by atoms with van der Waals surface area (Å²) in [5, 5.41) is 3.97. The van der Waals surface area contributed by atoms with Crippen LogP contribution in [0.4, 0.5) is 10.1 Å². The number of benzene rings is 2. The van der Waals surface area contributed by atoms with Gasteiger partial charge in [0, 0.05) is 43.7 Å². The van der Waals surface area contributed by atoms with Crippen LogP contribution in [0.2, 0.25) is 0 Å². The average molecular weight is 432 g/mol. The minimum Gasteiger partial charge on any atom is -0.371 e. The van der Waals surface area contributed by atoms with Gasteiger partial charge in [0.25, 0.3) is 0 Å². The standard InChI is InChI=1S/C22H26FN3O3S/c23-20-6-8-21(9-7-20)26-14-11-19(17-26)16-24-22(27)10-13-25-30(28,29)15-12-18-4-2-1-3-5-18/h1-9,12,15,19,25H,10-11,13-14,16-17H2,(H,24,27)/b15-12+. The highest BCUT2D eigenvalue weighted by atomic mass is 32.2. The topological polar surface area (TPSA) is 78.5 Å². The van der Waals surface area contributed by atoms with Gasteiger partial charge in [-0.3, -0.25) is 4.79 Å². The summed E-state index contributed by atoms with van der Waals surface area (Å²) >= 11 is 0. The van der Waals surface area contributed by atoms with E-state index in [0.717, 1.165) is 36.2 Å². The molecule has 1 amide bonds. The van der Waals surface area contributed by atoms with E-state index in [-0.39, 0.29) is 24.7 Å². The van der Waals surface area contributed by atoms with Gasteiger partial charge in [0.2, 0.25) is 15.9 Å². The summed E-state index contributed by atoms with van der Waals surface area (Å²) < 4.78 is 39.4. The largest absolute Gasteiger partial charge is 0.371 e. The maximum Gasteiger partial charge on any atom is 0.233 e. The number of hydrogen-bond acceptors (Lipinski definition) is 4. The van der Waals surface area contributed by atoms with Crippen molar-refractivity contribution in [2.45, 2.75) is 12.8 Å². The smallest absolute Gasteiger partial charge is 0.233 e. The summed E-state index contributed by atoms with van der Waals surface area (Å²) in [6.07, 6.45) is 2.52. The first kappa shape index (κ1) is 22.0. The first-order chi connectivity index (χ1) is 14.4. The lowest BCUT2D eigenvalue weighted by molar-refractivity contribution is -0.121. The third-order valence-electron chi connectivity index (χ3n) is 4.96. The normalized spacial score (nSPS) is 16.8. The predicted octanol–water partition coefficient (Wildman–Crippen LogP) is 2.75. The Hall–Kier alpha value is -2.71. The van der Waals surface area contributed by atoms with Gasteiger partial charge >= 0.3 is 0 Å². The fourth-order valence-corrected chi connectivity index (χ4v) is 4.14. The van der Waals surface area contributed by atoms with E-state index in [1.807, 2.05) is 18.2 Å². The number of amides is 1. The van der Waals surface area contributed by atoms with Crippen LogP contribution >= 0.6 is 0 Å². The molecule has 0 aromatic heterocycles. The molecule has 6 nitrogen and oxygen atoms in total. The molecule has 2 aromatic carbocycles. The predicted molar refractivity (Wildman–Crippen MR) is 117 cm³/mol. The number of rotatable bonds is 9. The minimum absolute atomic E-state index is 0.0413. The Kier molecular flexibility index (Phi) is 7.59. The SMILES string of the molecule is O=C(CCNS(=O)(=O)/C=C/c1ccccc1)NCC1CCN(c2ccc(F)cc2)C1. The number of hydrogen-bond donors (Lipinski definition) is 2. The van der Waals surface area contributed by atoms with Crippen molar-refractivity contribution in [1.29, 1.82) is 0 Å². The fourth-order valence-electron chi connectivity index (χ4n) is 3.32. The Labute approximate surface area is 176 Å². The molecule has 1 aliphatic heterocycles. The van der Waals surface area contributed by atoms with Crippen molar-refractivity contribution in [2.24, 2.45) is 5.92 Å². The molecule has 0 saturated carbocycles. The number of sulfonamides is 1. The number of nitrogens with zero attached hydrogens (tertiary/aromatic N) is 1. The third kappa shape index (κ3) is 6.96. The van der Waals surface area contributed by atoms with Crippen LogP contribution in [0.3, 0.4) is 0 Å². The summed E-state index contributed by atoms with van der Waals surface area (Å²) in [4.78, 5) is 14.2. The third-order valence-corrected chi connectivity index (χ3v) is 6.06. The molecule has 0 radical (unpaired) electrons. The van der Waals surface area contributed by atoms with Gasteiger partial charge in [-0.1, -0.05) is 30.3 Å². The first-order valence-corrected chi connectivity index (χ1v) is 11.5. The Morgan fingerprint density at radius 1 is 1.13 bits per heavy atom. The Morgan fingerprint density at radius 3 is 2.60 bits per heavy atom. The van der Waals surface area contributed by atoms with Gasteiger partial charge in [-0.15, -0.1) is 0 Å². The molecule has 1 atom stereocenters. The van der Waals surface area contributed by atoms with Gasteiger partial charge in [0.05, 0.1) is 0 Å². The zero-order valence-corrected chi connectivity index (χ0v) is 17.4. The lowest BCUT2D eigenvalue weighted by atomic mass is 10.1. The number of anilines is 1. The van der Waals surface area contributed by atoms with Gasteiger partial charge < -0.3 is 10.2 Å². The molecule has 2 aromatic rings. The lowest BCUT2D eigenvalue weighted by Gasteiger charge is -2.18. The summed E-state index contributed by atoms with van der Waals surface area (Å²) in [6, 6.07) is 15.5. The summed E-state index contributed by atoms with van der Waals surface area (Å²) in [5.74, 6) is -0.137. The molecule has 1 fully saturated rings. The van der Waals surface area contributed by atoms with Crippen LogP contribution in [0.25, 0.3) is 6.08 Å². The molecule has 2 N–H and O–H groups in total. The van der Waals surface area contributed by atoms with Crippen molar-refractivity contribution in [3.63, 3.8) is 0 Å². The van der Waals surface area contributed by atoms with Gasteiger partial charge in [-0.25, -0.2) is 17.5 Å². The second-order valence-corrected chi connectivity index (χ2v) is 8.93. The van der Waals surface area contributed by atoms with Crippen molar-refractivity contribution in [3.8, 4) is 0 Å². The highest BCUT2D eigenvalue weighted by Crippen LogP contribution is 2.23. The Balaban J connectivity index is 1.35. The van der Waals surface area contributed by atoms with Crippen LogP contribution in [0.1, 0.15) is 18.4 Å². The van der Waals surface area contributed by atoms with Crippen molar-refractivity contribution >= 4 is 27.7 Å². The number of nitrogens with one attached hydrogen (secondary N) is 2. The van der Waals surface area contributed by atoms with Crippen molar-refractivity contribution < 1.29 is 17.6 Å². The maximum absolute atomic E-state index is 13.0. The van der Waals surface area contributed by atoms with Crippen LogP contribution < -0.4 is 14.9 Å². The van der Waals surface area contributed by atoms with Gasteiger partial charge in [-0.05, 0) is 48.2 Å². The van der Waals surface area contributed by atoms with Crippen molar-refractivity contribution in [3.05, 3.63) is 71.4 Å². The second kappa shape index (κ2) is 10.4. The molecule has 1 unspecified atom stereocenters. The van der Waals surface area contributed by atoms with E-state index >= 15 is 0 Å². The molecule has 1 heterocycles. The summed E-state index contributed by atoms with van der Waals surface area (Å²) in [6.45, 7) is 2.24. The van der Waals surface area contributed by atoms with Crippen LogP contribution in [-0.2, 0) is 14.8 Å². The molecule has 8 heteroatoms.